The lowest BCUT2D eigenvalue weighted by molar-refractivity contribution is 0.152. The maximum absolute atomic E-state index is 12.9. The van der Waals surface area contributed by atoms with Gasteiger partial charge in [-0.25, -0.2) is 8.78 Å². The molecular weight excluding hydrogens is 234 g/mol. The van der Waals surface area contributed by atoms with Crippen molar-refractivity contribution in [3.05, 3.63) is 23.8 Å². The van der Waals surface area contributed by atoms with Gasteiger partial charge < -0.3 is 11.1 Å². The van der Waals surface area contributed by atoms with E-state index in [2.05, 4.69) is 12.2 Å². The summed E-state index contributed by atoms with van der Waals surface area (Å²) in [6, 6.07) is 4.66. The molecule has 3 N–H and O–H groups in total. The Morgan fingerprint density at radius 3 is 2.78 bits per heavy atom. The maximum atomic E-state index is 12.9. The number of nitrogens with one attached hydrogen (secondary N) is 1. The fourth-order valence-electron chi connectivity index (χ4n) is 2.69. The minimum absolute atomic E-state index is 0.000602. The zero-order valence-electron chi connectivity index (χ0n) is 10.6. The fourth-order valence-corrected chi connectivity index (χ4v) is 2.69. The van der Waals surface area contributed by atoms with Gasteiger partial charge in [0.1, 0.15) is 0 Å². The molecule has 2 atom stereocenters. The van der Waals surface area contributed by atoms with E-state index in [1.165, 1.54) is 25.3 Å². The van der Waals surface area contributed by atoms with Crippen LogP contribution < -0.4 is 11.1 Å². The molecule has 1 aliphatic carbocycles. The molecule has 18 heavy (non-hydrogen) atoms. The van der Waals surface area contributed by atoms with E-state index >= 15 is 0 Å². The number of rotatable bonds is 4. The van der Waals surface area contributed by atoms with E-state index in [-0.39, 0.29) is 5.56 Å². The van der Waals surface area contributed by atoms with Gasteiger partial charge in [0.15, 0.2) is 0 Å². The quantitative estimate of drug-likeness (QED) is 0.795. The molecule has 0 saturated heterocycles. The van der Waals surface area contributed by atoms with E-state index in [1.54, 1.807) is 12.1 Å². The molecule has 2 rings (SSSR count). The molecule has 1 aliphatic rings. The van der Waals surface area contributed by atoms with Gasteiger partial charge in [-0.2, -0.15) is 0 Å². The molecule has 1 saturated carbocycles. The predicted octanol–water partition coefficient (Wildman–Crippen LogP) is 4.05. The third kappa shape index (κ3) is 2.92. The second-order valence-electron chi connectivity index (χ2n) is 5.20. The normalized spacial score (nSPS) is 23.6. The molecule has 4 heteroatoms. The molecule has 0 spiro atoms. The summed E-state index contributed by atoms with van der Waals surface area (Å²) in [4.78, 5) is 0. The molecule has 2 unspecified atom stereocenters. The van der Waals surface area contributed by atoms with Crippen molar-refractivity contribution in [3.8, 4) is 0 Å². The van der Waals surface area contributed by atoms with Gasteiger partial charge in [-0.1, -0.05) is 19.8 Å². The molecule has 0 bridgehead atoms. The molecule has 0 amide bonds. The lowest BCUT2D eigenvalue weighted by atomic mass is 9.98. The monoisotopic (exact) mass is 254 g/mol. The number of nitrogen functional groups attached to an aromatic ring is 1. The maximum Gasteiger partial charge on any atom is 0.265 e. The van der Waals surface area contributed by atoms with Gasteiger partial charge in [0.05, 0.1) is 0 Å². The van der Waals surface area contributed by atoms with Gasteiger partial charge in [-0.05, 0) is 36.5 Å². The van der Waals surface area contributed by atoms with Crippen LogP contribution in [0.15, 0.2) is 18.2 Å². The van der Waals surface area contributed by atoms with Crippen LogP contribution in [0.4, 0.5) is 20.2 Å². The van der Waals surface area contributed by atoms with Crippen molar-refractivity contribution in [1.82, 2.24) is 0 Å². The van der Waals surface area contributed by atoms with Gasteiger partial charge in [-0.3, -0.25) is 0 Å². The van der Waals surface area contributed by atoms with E-state index in [4.69, 9.17) is 5.73 Å². The van der Waals surface area contributed by atoms with E-state index < -0.39 is 6.43 Å². The number of hydrogen-bond donors (Lipinski definition) is 2. The molecule has 0 heterocycles. The molecule has 2 nitrogen and oxygen atoms in total. The number of anilines is 2. The van der Waals surface area contributed by atoms with Crippen molar-refractivity contribution in [2.24, 2.45) is 11.8 Å². The summed E-state index contributed by atoms with van der Waals surface area (Å²) in [5.74, 6) is 1.27. The summed E-state index contributed by atoms with van der Waals surface area (Å²) in [6.45, 7) is 3.00. The summed E-state index contributed by atoms with van der Waals surface area (Å²) in [7, 11) is 0. The largest absolute Gasteiger partial charge is 0.399 e. The van der Waals surface area contributed by atoms with E-state index in [1.807, 2.05) is 0 Å². The highest BCUT2D eigenvalue weighted by Gasteiger charge is 2.23. The second kappa shape index (κ2) is 5.55. The lowest BCUT2D eigenvalue weighted by Crippen LogP contribution is -2.17. The van der Waals surface area contributed by atoms with Gasteiger partial charge >= 0.3 is 0 Å². The first kappa shape index (κ1) is 13.1. The van der Waals surface area contributed by atoms with Crippen LogP contribution in [-0.2, 0) is 0 Å². The average molecular weight is 254 g/mol. The predicted molar refractivity (Wildman–Crippen MR) is 70.8 cm³/mol. The van der Waals surface area contributed by atoms with Crippen LogP contribution in [0, 0.1) is 11.8 Å². The summed E-state index contributed by atoms with van der Waals surface area (Å²) in [6.07, 6.45) is 1.19. The van der Waals surface area contributed by atoms with Crippen molar-refractivity contribution in [1.29, 1.82) is 0 Å². The Balaban J connectivity index is 2.04. The highest BCUT2D eigenvalue weighted by Crippen LogP contribution is 2.33. The molecule has 0 radical (unpaired) electrons. The zero-order chi connectivity index (χ0) is 13.1. The third-order valence-electron chi connectivity index (χ3n) is 3.90. The highest BCUT2D eigenvalue weighted by molar-refractivity contribution is 5.58. The zero-order valence-corrected chi connectivity index (χ0v) is 10.6. The summed E-state index contributed by atoms with van der Waals surface area (Å²) in [5.41, 5.74) is 6.44. The van der Waals surface area contributed by atoms with Crippen LogP contribution in [-0.4, -0.2) is 6.54 Å². The number of alkyl halides is 2. The number of nitrogens with two attached hydrogens (primary N) is 1. The van der Waals surface area contributed by atoms with Crippen LogP contribution in [0.1, 0.15) is 38.2 Å². The Morgan fingerprint density at radius 2 is 2.17 bits per heavy atom. The van der Waals surface area contributed by atoms with Crippen LogP contribution in [0.3, 0.4) is 0 Å². The van der Waals surface area contributed by atoms with E-state index in [0.717, 1.165) is 6.54 Å². The van der Waals surface area contributed by atoms with Crippen molar-refractivity contribution in [3.63, 3.8) is 0 Å². The van der Waals surface area contributed by atoms with Crippen molar-refractivity contribution < 1.29 is 8.78 Å². The smallest absolute Gasteiger partial charge is 0.265 e. The molecular formula is C14H20F2N2. The molecule has 0 aromatic heterocycles. The molecule has 1 aromatic rings. The summed E-state index contributed by atoms with van der Waals surface area (Å²) >= 11 is 0. The first-order valence-corrected chi connectivity index (χ1v) is 6.49. The number of hydrogen-bond acceptors (Lipinski definition) is 2. The van der Waals surface area contributed by atoms with Crippen LogP contribution >= 0.6 is 0 Å². The van der Waals surface area contributed by atoms with Gasteiger partial charge in [-0.15, -0.1) is 0 Å². The standard InChI is InChI=1S/C14H20F2N2/c1-9-3-2-4-10(9)8-18-13-6-5-11(17)7-12(13)14(15)16/h5-7,9-10,14,18H,2-4,8,17H2,1H3. The summed E-state index contributed by atoms with van der Waals surface area (Å²) < 4.78 is 25.8. The first-order valence-electron chi connectivity index (χ1n) is 6.49. The van der Waals surface area contributed by atoms with E-state index in [0.29, 0.717) is 23.2 Å². The van der Waals surface area contributed by atoms with Crippen LogP contribution in [0.5, 0.6) is 0 Å². The molecule has 0 aliphatic heterocycles. The Hall–Kier alpha value is -1.32. The molecule has 1 fully saturated rings. The lowest BCUT2D eigenvalue weighted by Gasteiger charge is -2.18. The fraction of sp³-hybridized carbons (Fsp3) is 0.571. The van der Waals surface area contributed by atoms with Crippen LogP contribution in [0.2, 0.25) is 0 Å². The topological polar surface area (TPSA) is 38.0 Å². The van der Waals surface area contributed by atoms with Crippen molar-refractivity contribution in [2.75, 3.05) is 17.6 Å². The van der Waals surface area contributed by atoms with E-state index in [9.17, 15) is 8.78 Å². The average Bonchev–Trinajstić information content (AvgIpc) is 2.73. The second-order valence-corrected chi connectivity index (χ2v) is 5.20. The number of benzene rings is 1. The minimum Gasteiger partial charge on any atom is -0.399 e. The number of halogens is 2. The van der Waals surface area contributed by atoms with Gasteiger partial charge in [0, 0.05) is 23.5 Å². The Bertz CT molecular complexity index is 407. The molecule has 1 aromatic carbocycles. The van der Waals surface area contributed by atoms with Crippen molar-refractivity contribution in [2.45, 2.75) is 32.6 Å². The SMILES string of the molecule is CC1CCCC1CNc1ccc(N)cc1C(F)F. The van der Waals surface area contributed by atoms with Crippen molar-refractivity contribution >= 4 is 11.4 Å². The molecule has 100 valence electrons. The first-order chi connectivity index (χ1) is 8.58. The van der Waals surface area contributed by atoms with Crippen LogP contribution in [0.25, 0.3) is 0 Å². The third-order valence-corrected chi connectivity index (χ3v) is 3.90. The Morgan fingerprint density at radius 1 is 1.39 bits per heavy atom. The Labute approximate surface area is 107 Å². The van der Waals surface area contributed by atoms with Gasteiger partial charge in [0.2, 0.25) is 0 Å². The Kier molecular flexibility index (Phi) is 4.04. The summed E-state index contributed by atoms with van der Waals surface area (Å²) in [5, 5.41) is 3.16. The highest BCUT2D eigenvalue weighted by atomic mass is 19.3. The van der Waals surface area contributed by atoms with Gasteiger partial charge in [0.25, 0.3) is 6.43 Å². The minimum atomic E-state index is -2.49.